The molecule has 2 aromatic carbocycles. The summed E-state index contributed by atoms with van der Waals surface area (Å²) in [6.07, 6.45) is 3.31. The van der Waals surface area contributed by atoms with E-state index in [2.05, 4.69) is 11.8 Å². The summed E-state index contributed by atoms with van der Waals surface area (Å²) in [4.78, 5) is 55.7. The summed E-state index contributed by atoms with van der Waals surface area (Å²) in [5, 5.41) is 0. The molecule has 170 valence electrons. The Hall–Kier alpha value is -4.18. The maximum Gasteiger partial charge on any atom is 0.262 e. The van der Waals surface area contributed by atoms with Crippen LogP contribution in [0.15, 0.2) is 60.2 Å². The lowest BCUT2D eigenvalue weighted by atomic mass is 10.1. The largest absolute Gasteiger partial charge is 0.327 e. The Morgan fingerprint density at radius 3 is 2.26 bits per heavy atom. The zero-order valence-corrected chi connectivity index (χ0v) is 18.8. The van der Waals surface area contributed by atoms with Crippen LogP contribution in [0, 0.1) is 11.8 Å². The Morgan fingerprint density at radius 1 is 0.912 bits per heavy atom. The molecule has 7 nitrogen and oxygen atoms in total. The van der Waals surface area contributed by atoms with Crippen molar-refractivity contribution in [2.24, 2.45) is 0 Å². The second-order valence-electron chi connectivity index (χ2n) is 8.55. The minimum Gasteiger partial charge on any atom is -0.327 e. The van der Waals surface area contributed by atoms with Gasteiger partial charge in [0.15, 0.2) is 0 Å². The molecule has 0 spiro atoms. The number of hydrogen-bond acceptors (Lipinski definition) is 4. The Balaban J connectivity index is 1.33. The highest BCUT2D eigenvalue weighted by Gasteiger charge is 2.41. The van der Waals surface area contributed by atoms with Gasteiger partial charge in [0.25, 0.3) is 17.7 Å². The molecule has 5 rings (SSSR count). The minimum absolute atomic E-state index is 0.00542. The molecule has 0 radical (unpaired) electrons. The number of amides is 4. The lowest BCUT2D eigenvalue weighted by Gasteiger charge is -2.25. The Morgan fingerprint density at radius 2 is 1.56 bits per heavy atom. The Kier molecular flexibility index (Phi) is 5.50. The first-order valence-electron chi connectivity index (χ1n) is 11.3. The van der Waals surface area contributed by atoms with Crippen LogP contribution in [0.2, 0.25) is 0 Å². The van der Waals surface area contributed by atoms with E-state index in [9.17, 15) is 19.2 Å². The van der Waals surface area contributed by atoms with Crippen molar-refractivity contribution in [3.8, 4) is 11.8 Å². The van der Waals surface area contributed by atoms with Crippen molar-refractivity contribution in [2.45, 2.75) is 25.8 Å². The third-order valence-electron chi connectivity index (χ3n) is 6.47. The van der Waals surface area contributed by atoms with Crippen molar-refractivity contribution < 1.29 is 19.2 Å². The topological polar surface area (TPSA) is 78.0 Å². The molecule has 1 saturated heterocycles. The zero-order chi connectivity index (χ0) is 23.8. The summed E-state index contributed by atoms with van der Waals surface area (Å²) in [6.45, 7) is 2.68. The van der Waals surface area contributed by atoms with Crippen LogP contribution in [0.25, 0.3) is 0 Å². The molecular formula is C27H23N3O4. The fourth-order valence-corrected chi connectivity index (χ4v) is 4.72. The first kappa shape index (κ1) is 21.7. The zero-order valence-electron chi connectivity index (χ0n) is 18.8. The van der Waals surface area contributed by atoms with Crippen molar-refractivity contribution >= 4 is 29.3 Å². The second-order valence-corrected chi connectivity index (χ2v) is 8.55. The minimum atomic E-state index is -0.437. The van der Waals surface area contributed by atoms with Gasteiger partial charge in [0.05, 0.1) is 28.9 Å². The maximum absolute atomic E-state index is 13.3. The fraction of sp³-hybridized carbons (Fsp3) is 0.259. The van der Waals surface area contributed by atoms with Crippen LogP contribution in [0.4, 0.5) is 5.69 Å². The summed E-state index contributed by atoms with van der Waals surface area (Å²) in [6, 6.07) is 13.5. The molecular weight excluding hydrogens is 430 g/mol. The number of fused-ring (bicyclic) bond motifs is 3. The number of benzene rings is 2. The average molecular weight is 453 g/mol. The number of rotatable bonds is 3. The number of para-hydroxylation sites is 1. The molecule has 1 atom stereocenters. The third-order valence-corrected chi connectivity index (χ3v) is 6.47. The molecule has 0 unspecified atom stereocenters. The van der Waals surface area contributed by atoms with E-state index in [0.29, 0.717) is 40.9 Å². The van der Waals surface area contributed by atoms with Gasteiger partial charge in [-0.25, -0.2) is 0 Å². The van der Waals surface area contributed by atoms with Crippen LogP contribution < -0.4 is 4.90 Å². The van der Waals surface area contributed by atoms with Crippen LogP contribution in [0.5, 0.6) is 0 Å². The standard InChI is InChI=1S/C27H23N3O4/c1-18(8-6-16-30-24(31)19-9-2-3-10-20(19)25(30)32)14-17-29-22-12-5-4-11-21(22)26(33)28-15-7-13-23(28)27(29)34/h2-5,9-12,14,23H,7,13,15-17H2,1H3/b18-14+/t23-/m0/s1. The molecule has 4 amide bonds. The SMILES string of the molecule is C/C(C#CCN1C(=O)c2ccccc2C1=O)=C\CN1C(=O)[C@@H]2CCCN2C(=O)c2ccccc21. The number of allylic oxidation sites excluding steroid dienone is 1. The number of carbonyl (C=O) groups is 4. The quantitative estimate of drug-likeness (QED) is 0.529. The molecule has 0 aliphatic carbocycles. The van der Waals surface area contributed by atoms with E-state index in [1.165, 1.54) is 0 Å². The Bertz CT molecular complexity index is 1280. The van der Waals surface area contributed by atoms with E-state index >= 15 is 0 Å². The van der Waals surface area contributed by atoms with Gasteiger partial charge in [0.2, 0.25) is 5.91 Å². The number of hydrogen-bond donors (Lipinski definition) is 0. The summed E-state index contributed by atoms with van der Waals surface area (Å²) in [7, 11) is 0. The molecule has 1 fully saturated rings. The third kappa shape index (κ3) is 3.57. The molecule has 2 aromatic rings. The fourth-order valence-electron chi connectivity index (χ4n) is 4.72. The van der Waals surface area contributed by atoms with E-state index in [1.807, 2.05) is 25.1 Å². The van der Waals surface area contributed by atoms with Crippen molar-refractivity contribution in [3.63, 3.8) is 0 Å². The van der Waals surface area contributed by atoms with Gasteiger partial charge in [-0.05, 0) is 49.6 Å². The summed E-state index contributed by atoms with van der Waals surface area (Å²) in [5.74, 6) is 5.01. The van der Waals surface area contributed by atoms with Gasteiger partial charge in [-0.2, -0.15) is 0 Å². The molecule has 0 bridgehead atoms. The van der Waals surface area contributed by atoms with Gasteiger partial charge in [0.1, 0.15) is 6.04 Å². The molecule has 3 aliphatic heterocycles. The van der Waals surface area contributed by atoms with Crippen LogP contribution in [0.3, 0.4) is 0 Å². The van der Waals surface area contributed by atoms with Crippen molar-refractivity contribution in [3.05, 3.63) is 76.9 Å². The highest BCUT2D eigenvalue weighted by molar-refractivity contribution is 6.21. The normalized spacial score (nSPS) is 19.5. The predicted molar refractivity (Wildman–Crippen MR) is 126 cm³/mol. The Labute approximate surface area is 197 Å². The first-order valence-corrected chi connectivity index (χ1v) is 11.3. The number of nitrogens with zero attached hydrogens (tertiary/aromatic N) is 3. The van der Waals surface area contributed by atoms with E-state index in [-0.39, 0.29) is 36.7 Å². The number of imide groups is 1. The van der Waals surface area contributed by atoms with Crippen molar-refractivity contribution in [1.29, 1.82) is 0 Å². The van der Waals surface area contributed by atoms with E-state index in [0.717, 1.165) is 11.3 Å². The summed E-state index contributed by atoms with van der Waals surface area (Å²) < 4.78 is 0. The maximum atomic E-state index is 13.3. The molecule has 3 heterocycles. The van der Waals surface area contributed by atoms with Crippen molar-refractivity contribution in [1.82, 2.24) is 9.80 Å². The van der Waals surface area contributed by atoms with Gasteiger partial charge in [0, 0.05) is 13.1 Å². The van der Waals surface area contributed by atoms with E-state index < -0.39 is 6.04 Å². The molecule has 3 aliphatic rings. The lowest BCUT2D eigenvalue weighted by molar-refractivity contribution is -0.121. The monoisotopic (exact) mass is 453 g/mol. The van der Waals surface area contributed by atoms with E-state index in [1.54, 1.807) is 46.2 Å². The van der Waals surface area contributed by atoms with Gasteiger partial charge in [-0.3, -0.25) is 24.1 Å². The van der Waals surface area contributed by atoms with Crippen LogP contribution in [-0.2, 0) is 4.79 Å². The number of anilines is 1. The molecule has 0 N–H and O–H groups in total. The van der Waals surface area contributed by atoms with Gasteiger partial charge in [-0.1, -0.05) is 42.2 Å². The highest BCUT2D eigenvalue weighted by Crippen LogP contribution is 2.32. The smallest absolute Gasteiger partial charge is 0.262 e. The predicted octanol–water partition coefficient (Wildman–Crippen LogP) is 2.88. The van der Waals surface area contributed by atoms with Gasteiger partial charge in [-0.15, -0.1) is 0 Å². The van der Waals surface area contributed by atoms with E-state index in [4.69, 9.17) is 0 Å². The van der Waals surface area contributed by atoms with Crippen LogP contribution >= 0.6 is 0 Å². The van der Waals surface area contributed by atoms with Crippen LogP contribution in [-0.4, -0.2) is 59.1 Å². The number of carbonyl (C=O) groups excluding carboxylic acids is 4. The van der Waals surface area contributed by atoms with Gasteiger partial charge < -0.3 is 9.80 Å². The molecule has 0 saturated carbocycles. The van der Waals surface area contributed by atoms with Crippen molar-refractivity contribution in [2.75, 3.05) is 24.5 Å². The molecule has 34 heavy (non-hydrogen) atoms. The van der Waals surface area contributed by atoms with Gasteiger partial charge >= 0.3 is 0 Å². The highest BCUT2D eigenvalue weighted by atomic mass is 16.2. The first-order chi connectivity index (χ1) is 16.5. The lowest BCUT2D eigenvalue weighted by Crippen LogP contribution is -2.45. The molecule has 0 aromatic heterocycles. The summed E-state index contributed by atoms with van der Waals surface area (Å²) >= 11 is 0. The summed E-state index contributed by atoms with van der Waals surface area (Å²) in [5.41, 5.74) is 2.64. The molecule has 7 heteroatoms. The second kappa shape index (κ2) is 8.64. The van der Waals surface area contributed by atoms with Crippen LogP contribution in [0.1, 0.15) is 50.8 Å². The average Bonchev–Trinajstić information content (AvgIpc) is 3.41.